The minimum atomic E-state index is -0.525. The zero-order valence-corrected chi connectivity index (χ0v) is 14.3. The fourth-order valence-electron chi connectivity index (χ4n) is 4.76. The Morgan fingerprint density at radius 2 is 2.00 bits per heavy atom. The van der Waals surface area contributed by atoms with Crippen LogP contribution >= 0.6 is 0 Å². The number of aliphatic hydroxyl groups is 1. The van der Waals surface area contributed by atoms with Gasteiger partial charge in [0.2, 0.25) is 0 Å². The van der Waals surface area contributed by atoms with E-state index in [0.717, 1.165) is 44.8 Å². The van der Waals surface area contributed by atoms with E-state index < -0.39 is 5.60 Å². The Kier molecular flexibility index (Phi) is 4.69. The topological polar surface area (TPSA) is 38.7 Å². The van der Waals surface area contributed by atoms with Crippen molar-refractivity contribution in [3.05, 3.63) is 12.2 Å². The highest BCUT2D eigenvalue weighted by Gasteiger charge is 2.48. The van der Waals surface area contributed by atoms with Crippen LogP contribution in [0.5, 0.6) is 0 Å². The van der Waals surface area contributed by atoms with Crippen LogP contribution in [0, 0.1) is 11.3 Å². The van der Waals surface area contributed by atoms with E-state index in [1.807, 2.05) is 13.8 Å². The van der Waals surface area contributed by atoms with E-state index in [1.165, 1.54) is 32.1 Å². The van der Waals surface area contributed by atoms with Gasteiger partial charge in [0, 0.05) is 12.8 Å². The molecule has 0 radical (unpaired) electrons. The molecule has 3 aliphatic rings. The van der Waals surface area contributed by atoms with Crippen molar-refractivity contribution in [3.63, 3.8) is 0 Å². The van der Waals surface area contributed by atoms with Crippen LogP contribution in [0.1, 0.15) is 71.6 Å². The lowest BCUT2D eigenvalue weighted by molar-refractivity contribution is -0.198. The second-order valence-electron chi connectivity index (χ2n) is 8.41. The summed E-state index contributed by atoms with van der Waals surface area (Å²) >= 11 is 0. The van der Waals surface area contributed by atoms with Crippen molar-refractivity contribution in [2.24, 2.45) is 11.3 Å². The van der Waals surface area contributed by atoms with Gasteiger partial charge < -0.3 is 14.6 Å². The molecule has 1 N–H and O–H groups in total. The van der Waals surface area contributed by atoms with Crippen LogP contribution in [0.15, 0.2) is 12.2 Å². The number of rotatable bonds is 4. The van der Waals surface area contributed by atoms with Crippen LogP contribution in [0.4, 0.5) is 0 Å². The molecule has 3 nitrogen and oxygen atoms in total. The predicted octanol–water partition coefficient (Wildman–Crippen LogP) is 4.20. The SMILES string of the molecule is CC(C)(O)CCC[C@@H]1CC=C[C@]2(CCCC3(C2)OCCO3)C1. The molecular formula is C19H32O3. The molecular weight excluding hydrogens is 276 g/mol. The van der Waals surface area contributed by atoms with E-state index in [2.05, 4.69) is 12.2 Å². The molecule has 1 aliphatic heterocycles. The van der Waals surface area contributed by atoms with E-state index in [1.54, 1.807) is 0 Å². The Hall–Kier alpha value is -0.380. The van der Waals surface area contributed by atoms with Gasteiger partial charge in [-0.2, -0.15) is 0 Å². The monoisotopic (exact) mass is 308 g/mol. The molecule has 3 heteroatoms. The number of hydrogen-bond donors (Lipinski definition) is 1. The predicted molar refractivity (Wildman–Crippen MR) is 87.5 cm³/mol. The maximum Gasteiger partial charge on any atom is 0.169 e. The fraction of sp³-hybridized carbons (Fsp3) is 0.895. The molecule has 1 saturated carbocycles. The fourth-order valence-corrected chi connectivity index (χ4v) is 4.76. The van der Waals surface area contributed by atoms with Crippen molar-refractivity contribution in [3.8, 4) is 0 Å². The summed E-state index contributed by atoms with van der Waals surface area (Å²) in [6.07, 6.45) is 15.2. The van der Waals surface area contributed by atoms with E-state index in [9.17, 15) is 5.11 Å². The number of hydrogen-bond acceptors (Lipinski definition) is 3. The summed E-state index contributed by atoms with van der Waals surface area (Å²) in [5.41, 5.74) is -0.233. The average molecular weight is 308 g/mol. The minimum absolute atomic E-state index is 0.280. The van der Waals surface area contributed by atoms with Crippen LogP contribution in [-0.4, -0.2) is 29.7 Å². The standard InChI is InChI=1S/C19H32O3/c1-17(2,20)8-3-6-16-7-4-9-18(14-16)10-5-11-19(15-18)21-12-13-22-19/h4,9,16,20H,3,5-8,10-15H2,1-2H3/t16-,18+/m1/s1. The van der Waals surface area contributed by atoms with Crippen LogP contribution in [-0.2, 0) is 9.47 Å². The van der Waals surface area contributed by atoms with Gasteiger partial charge in [-0.25, -0.2) is 0 Å². The molecule has 1 saturated heterocycles. The Balaban J connectivity index is 1.57. The summed E-state index contributed by atoms with van der Waals surface area (Å²) in [7, 11) is 0. The Bertz CT molecular complexity index is 403. The van der Waals surface area contributed by atoms with Gasteiger partial charge in [0.25, 0.3) is 0 Å². The lowest BCUT2D eigenvalue weighted by Crippen LogP contribution is -2.43. The van der Waals surface area contributed by atoms with Crippen molar-refractivity contribution in [1.82, 2.24) is 0 Å². The maximum atomic E-state index is 9.88. The van der Waals surface area contributed by atoms with Gasteiger partial charge in [-0.05, 0) is 57.3 Å². The molecule has 2 spiro atoms. The average Bonchev–Trinajstić information content (AvgIpc) is 2.85. The van der Waals surface area contributed by atoms with Crippen molar-refractivity contribution >= 4 is 0 Å². The Labute approximate surface area is 135 Å². The number of ether oxygens (including phenoxy) is 2. The van der Waals surface area contributed by atoms with Gasteiger partial charge in [-0.15, -0.1) is 0 Å². The molecule has 0 aromatic rings. The van der Waals surface area contributed by atoms with Crippen LogP contribution in [0.3, 0.4) is 0 Å². The van der Waals surface area contributed by atoms with E-state index in [0.29, 0.717) is 5.41 Å². The van der Waals surface area contributed by atoms with E-state index in [-0.39, 0.29) is 5.79 Å². The first-order valence-electron chi connectivity index (χ1n) is 9.09. The third-order valence-corrected chi connectivity index (χ3v) is 5.70. The van der Waals surface area contributed by atoms with Crippen LogP contribution < -0.4 is 0 Å². The van der Waals surface area contributed by atoms with Crippen molar-refractivity contribution in [2.75, 3.05) is 13.2 Å². The van der Waals surface area contributed by atoms with E-state index in [4.69, 9.17) is 9.47 Å². The molecule has 1 heterocycles. The van der Waals surface area contributed by atoms with Crippen molar-refractivity contribution < 1.29 is 14.6 Å². The molecule has 2 aliphatic carbocycles. The van der Waals surface area contributed by atoms with E-state index >= 15 is 0 Å². The highest BCUT2D eigenvalue weighted by Crippen LogP contribution is 2.52. The quantitative estimate of drug-likeness (QED) is 0.791. The highest BCUT2D eigenvalue weighted by molar-refractivity contribution is 5.09. The third-order valence-electron chi connectivity index (χ3n) is 5.70. The molecule has 0 unspecified atom stereocenters. The molecule has 3 rings (SSSR count). The Morgan fingerprint density at radius 3 is 2.73 bits per heavy atom. The minimum Gasteiger partial charge on any atom is -0.390 e. The highest BCUT2D eigenvalue weighted by atomic mass is 16.7. The molecule has 126 valence electrons. The summed E-state index contributed by atoms with van der Waals surface area (Å²) < 4.78 is 12.0. The van der Waals surface area contributed by atoms with Crippen molar-refractivity contribution in [1.29, 1.82) is 0 Å². The lowest BCUT2D eigenvalue weighted by Gasteiger charge is -2.46. The smallest absolute Gasteiger partial charge is 0.169 e. The summed E-state index contributed by atoms with van der Waals surface area (Å²) in [4.78, 5) is 0. The zero-order valence-electron chi connectivity index (χ0n) is 14.3. The van der Waals surface area contributed by atoms with Crippen molar-refractivity contribution in [2.45, 2.75) is 83.0 Å². The van der Waals surface area contributed by atoms with Gasteiger partial charge in [-0.3, -0.25) is 0 Å². The summed E-state index contributed by atoms with van der Waals surface area (Å²) in [5, 5.41) is 9.88. The first-order chi connectivity index (χ1) is 10.4. The van der Waals surface area contributed by atoms with Gasteiger partial charge in [0.05, 0.1) is 18.8 Å². The largest absolute Gasteiger partial charge is 0.390 e. The Morgan fingerprint density at radius 1 is 1.23 bits per heavy atom. The first-order valence-corrected chi connectivity index (χ1v) is 9.09. The molecule has 0 bridgehead atoms. The maximum absolute atomic E-state index is 9.88. The summed E-state index contributed by atoms with van der Waals surface area (Å²) in [6, 6.07) is 0. The first kappa shape index (κ1) is 16.5. The second kappa shape index (κ2) is 6.26. The number of allylic oxidation sites excluding steroid dienone is 2. The van der Waals surface area contributed by atoms with Gasteiger partial charge in [0.1, 0.15) is 0 Å². The molecule has 2 fully saturated rings. The summed E-state index contributed by atoms with van der Waals surface area (Å²) in [5.74, 6) is 0.473. The molecule has 0 aromatic carbocycles. The molecule has 0 aromatic heterocycles. The normalized spacial score (nSPS) is 34.6. The third kappa shape index (κ3) is 3.93. The van der Waals surface area contributed by atoms with Gasteiger partial charge in [-0.1, -0.05) is 25.0 Å². The molecule has 22 heavy (non-hydrogen) atoms. The lowest BCUT2D eigenvalue weighted by atomic mass is 9.63. The van der Waals surface area contributed by atoms with Crippen LogP contribution in [0.2, 0.25) is 0 Å². The molecule has 2 atom stereocenters. The second-order valence-corrected chi connectivity index (χ2v) is 8.41. The van der Waals surface area contributed by atoms with Gasteiger partial charge in [0.15, 0.2) is 5.79 Å². The molecule has 0 amide bonds. The summed E-state index contributed by atoms with van der Waals surface area (Å²) in [6.45, 7) is 5.34. The zero-order chi connectivity index (χ0) is 15.7. The van der Waals surface area contributed by atoms with Crippen LogP contribution in [0.25, 0.3) is 0 Å². The van der Waals surface area contributed by atoms with Gasteiger partial charge >= 0.3 is 0 Å².